The topological polar surface area (TPSA) is 88.4 Å². The first-order chi connectivity index (χ1) is 13.7. The van der Waals surface area contributed by atoms with Gasteiger partial charge in [0, 0.05) is 37.9 Å². The zero-order valence-electron chi connectivity index (χ0n) is 16.5. The van der Waals surface area contributed by atoms with Gasteiger partial charge in [0.1, 0.15) is 5.69 Å². The molecule has 0 aliphatic carbocycles. The second kappa shape index (κ2) is 7.70. The Labute approximate surface area is 175 Å². The van der Waals surface area contributed by atoms with Crippen molar-refractivity contribution >= 4 is 27.3 Å². The fourth-order valence-corrected chi connectivity index (χ4v) is 6.01. The van der Waals surface area contributed by atoms with Gasteiger partial charge in [-0.2, -0.15) is 5.10 Å². The highest BCUT2D eigenvalue weighted by molar-refractivity contribution is 7.91. The lowest BCUT2D eigenvalue weighted by Gasteiger charge is -2.37. The molecule has 29 heavy (non-hydrogen) atoms. The molecule has 4 heterocycles. The van der Waals surface area contributed by atoms with E-state index in [1.165, 1.54) is 0 Å². The van der Waals surface area contributed by atoms with Crippen LogP contribution < -0.4 is 0 Å². The Morgan fingerprint density at radius 2 is 1.90 bits per heavy atom. The summed E-state index contributed by atoms with van der Waals surface area (Å²) < 4.78 is 25.2. The average Bonchev–Trinajstić information content (AvgIpc) is 3.22. The lowest BCUT2D eigenvalue weighted by Crippen LogP contribution is -2.52. The molecule has 0 spiro atoms. The van der Waals surface area contributed by atoms with Crippen molar-refractivity contribution in [2.24, 2.45) is 0 Å². The number of halogens is 1. The number of carbonyl (C=O) groups is 1. The molecule has 1 unspecified atom stereocenters. The van der Waals surface area contributed by atoms with Gasteiger partial charge in [-0.1, -0.05) is 11.6 Å². The molecule has 156 valence electrons. The molecule has 2 aliphatic rings. The predicted octanol–water partition coefficient (Wildman–Crippen LogP) is 1.48. The highest BCUT2D eigenvalue weighted by Gasteiger charge is 2.35. The minimum absolute atomic E-state index is 0.0633. The summed E-state index contributed by atoms with van der Waals surface area (Å²) in [6.45, 7) is 6.19. The third-order valence-electron chi connectivity index (χ3n) is 5.59. The van der Waals surface area contributed by atoms with Crippen LogP contribution in [0.2, 0.25) is 5.02 Å². The zero-order chi connectivity index (χ0) is 20.8. The Hall–Kier alpha value is -1.97. The van der Waals surface area contributed by atoms with Crippen LogP contribution in [0.1, 0.15) is 28.3 Å². The van der Waals surface area contributed by atoms with Gasteiger partial charge in [0.25, 0.3) is 5.91 Å². The van der Waals surface area contributed by atoms with E-state index in [1.807, 2.05) is 19.9 Å². The summed E-state index contributed by atoms with van der Waals surface area (Å²) >= 11 is 6.29. The smallest absolute Gasteiger partial charge is 0.274 e. The van der Waals surface area contributed by atoms with Crippen LogP contribution in [0.5, 0.6) is 0 Å². The van der Waals surface area contributed by atoms with E-state index in [4.69, 9.17) is 11.6 Å². The number of carbonyl (C=O) groups excluding carboxylic acids is 1. The SMILES string of the molecule is Cc1cc(C)n(-c2ccc(Cl)c(C(=O)N3CCN(C4CCS(=O)(=O)C4)CC3)n2)n1. The van der Waals surface area contributed by atoms with Gasteiger partial charge in [-0.05, 0) is 38.5 Å². The average molecular weight is 438 g/mol. The second-order valence-corrected chi connectivity index (χ2v) is 10.4. The molecule has 2 fully saturated rings. The first-order valence-electron chi connectivity index (χ1n) is 9.67. The third-order valence-corrected chi connectivity index (χ3v) is 7.64. The molecular formula is C19H24ClN5O3S. The molecule has 1 atom stereocenters. The van der Waals surface area contributed by atoms with Crippen molar-refractivity contribution in [3.05, 3.63) is 40.3 Å². The fourth-order valence-electron chi connectivity index (χ4n) is 4.06. The molecule has 8 nitrogen and oxygen atoms in total. The minimum Gasteiger partial charge on any atom is -0.335 e. The van der Waals surface area contributed by atoms with E-state index in [-0.39, 0.29) is 29.1 Å². The Kier molecular flexibility index (Phi) is 5.39. The molecule has 0 saturated carbocycles. The first kappa shape index (κ1) is 20.3. The number of piperazine rings is 1. The molecule has 0 aromatic carbocycles. The van der Waals surface area contributed by atoms with Crippen LogP contribution in [-0.2, 0) is 9.84 Å². The maximum Gasteiger partial charge on any atom is 0.274 e. The Bertz CT molecular complexity index is 1040. The molecule has 0 bridgehead atoms. The van der Waals surface area contributed by atoms with Crippen molar-refractivity contribution in [2.45, 2.75) is 26.3 Å². The van der Waals surface area contributed by atoms with Gasteiger partial charge in [0.15, 0.2) is 15.7 Å². The number of hydrogen-bond donors (Lipinski definition) is 0. The van der Waals surface area contributed by atoms with Crippen LogP contribution >= 0.6 is 11.6 Å². The summed E-state index contributed by atoms with van der Waals surface area (Å²) in [4.78, 5) is 21.5. The summed E-state index contributed by atoms with van der Waals surface area (Å²) in [7, 11) is -2.91. The summed E-state index contributed by atoms with van der Waals surface area (Å²) in [5.41, 5.74) is 2.02. The first-order valence-corrected chi connectivity index (χ1v) is 11.9. The fraction of sp³-hybridized carbons (Fsp3) is 0.526. The third kappa shape index (κ3) is 4.17. The number of hydrogen-bond acceptors (Lipinski definition) is 6. The van der Waals surface area contributed by atoms with E-state index < -0.39 is 9.84 Å². The standard InChI is InChI=1S/C19H24ClN5O3S/c1-13-11-14(2)25(22-13)17-4-3-16(20)18(21-17)19(26)24-8-6-23(7-9-24)15-5-10-29(27,28)12-15/h3-4,11,15H,5-10,12H2,1-2H3. The highest BCUT2D eigenvalue weighted by Crippen LogP contribution is 2.22. The Morgan fingerprint density at radius 1 is 1.17 bits per heavy atom. The maximum absolute atomic E-state index is 13.1. The van der Waals surface area contributed by atoms with Crippen LogP contribution in [0.25, 0.3) is 5.82 Å². The molecule has 10 heteroatoms. The molecule has 2 saturated heterocycles. The highest BCUT2D eigenvalue weighted by atomic mass is 35.5. The van der Waals surface area contributed by atoms with Crippen LogP contribution in [0.15, 0.2) is 18.2 Å². The predicted molar refractivity (Wildman–Crippen MR) is 110 cm³/mol. The van der Waals surface area contributed by atoms with Gasteiger partial charge < -0.3 is 4.90 Å². The van der Waals surface area contributed by atoms with Gasteiger partial charge in [0.2, 0.25) is 0 Å². The molecule has 2 aliphatic heterocycles. The number of pyridine rings is 1. The molecular weight excluding hydrogens is 414 g/mol. The van der Waals surface area contributed by atoms with Crippen molar-refractivity contribution in [3.63, 3.8) is 0 Å². The van der Waals surface area contributed by atoms with Gasteiger partial charge >= 0.3 is 0 Å². The number of amides is 1. The number of aryl methyl sites for hydroxylation is 2. The van der Waals surface area contributed by atoms with Crippen molar-refractivity contribution in [2.75, 3.05) is 37.7 Å². The lowest BCUT2D eigenvalue weighted by atomic mass is 10.2. The molecule has 0 N–H and O–H groups in total. The monoisotopic (exact) mass is 437 g/mol. The maximum atomic E-state index is 13.1. The van der Waals surface area contributed by atoms with E-state index in [0.717, 1.165) is 11.4 Å². The van der Waals surface area contributed by atoms with E-state index in [2.05, 4.69) is 15.0 Å². The lowest BCUT2D eigenvalue weighted by molar-refractivity contribution is 0.0582. The zero-order valence-corrected chi connectivity index (χ0v) is 18.1. The van der Waals surface area contributed by atoms with Crippen molar-refractivity contribution in [3.8, 4) is 5.82 Å². The van der Waals surface area contributed by atoms with E-state index in [0.29, 0.717) is 43.4 Å². The van der Waals surface area contributed by atoms with Gasteiger partial charge in [0.05, 0.1) is 22.2 Å². The van der Waals surface area contributed by atoms with Crippen LogP contribution in [0, 0.1) is 13.8 Å². The molecule has 4 rings (SSSR count). The van der Waals surface area contributed by atoms with Gasteiger partial charge in [-0.3, -0.25) is 9.69 Å². The number of sulfone groups is 1. The number of rotatable bonds is 3. The molecule has 2 aromatic rings. The quantitative estimate of drug-likeness (QED) is 0.722. The van der Waals surface area contributed by atoms with Crippen LogP contribution in [0.3, 0.4) is 0 Å². The Balaban J connectivity index is 1.48. The van der Waals surface area contributed by atoms with Gasteiger partial charge in [-0.15, -0.1) is 0 Å². The molecule has 2 aromatic heterocycles. The van der Waals surface area contributed by atoms with Crippen LogP contribution in [-0.4, -0.2) is 82.6 Å². The number of aromatic nitrogens is 3. The molecule has 1 amide bonds. The Morgan fingerprint density at radius 3 is 2.48 bits per heavy atom. The van der Waals surface area contributed by atoms with Crippen LogP contribution in [0.4, 0.5) is 0 Å². The summed E-state index contributed by atoms with van der Waals surface area (Å²) in [6, 6.07) is 5.43. The van der Waals surface area contributed by atoms with Crippen molar-refractivity contribution < 1.29 is 13.2 Å². The van der Waals surface area contributed by atoms with Crippen molar-refractivity contribution in [1.29, 1.82) is 0 Å². The van der Waals surface area contributed by atoms with E-state index in [9.17, 15) is 13.2 Å². The molecule has 0 radical (unpaired) electrons. The number of nitrogens with zero attached hydrogens (tertiary/aromatic N) is 5. The van der Waals surface area contributed by atoms with E-state index >= 15 is 0 Å². The summed E-state index contributed by atoms with van der Waals surface area (Å²) in [5, 5.41) is 4.73. The summed E-state index contributed by atoms with van der Waals surface area (Å²) in [6.07, 6.45) is 0.675. The van der Waals surface area contributed by atoms with E-state index in [1.54, 1.807) is 21.7 Å². The largest absolute Gasteiger partial charge is 0.335 e. The normalized spacial score (nSPS) is 22.2. The van der Waals surface area contributed by atoms with Gasteiger partial charge in [-0.25, -0.2) is 18.1 Å². The summed E-state index contributed by atoms with van der Waals surface area (Å²) in [5.74, 6) is 0.823. The minimum atomic E-state index is -2.91. The second-order valence-electron chi connectivity index (χ2n) is 7.72. The van der Waals surface area contributed by atoms with Crippen molar-refractivity contribution in [1.82, 2.24) is 24.6 Å².